The fourth-order valence-corrected chi connectivity index (χ4v) is 2.99. The largest absolute Gasteiger partial charge is 0.377 e. The van der Waals surface area contributed by atoms with Crippen LogP contribution in [0.2, 0.25) is 5.02 Å². The molecule has 2 aromatic carbocycles. The summed E-state index contributed by atoms with van der Waals surface area (Å²) in [6.07, 6.45) is 0.365. The predicted octanol–water partition coefficient (Wildman–Crippen LogP) is 3.48. The molecule has 3 rings (SSSR count). The Morgan fingerprint density at radius 3 is 2.77 bits per heavy atom. The Morgan fingerprint density at radius 1 is 1.18 bits per heavy atom. The molecule has 114 valence electrons. The fourth-order valence-electron chi connectivity index (χ4n) is 2.78. The molecular formula is C18H18ClNO2. The zero-order valence-corrected chi connectivity index (χ0v) is 13.0. The molecule has 1 atom stereocenters. The maximum absolute atomic E-state index is 12.7. The van der Waals surface area contributed by atoms with Crippen molar-refractivity contribution in [3.05, 3.63) is 70.7 Å². The van der Waals surface area contributed by atoms with Crippen LogP contribution >= 0.6 is 11.6 Å². The molecule has 0 spiro atoms. The topological polar surface area (TPSA) is 29.5 Å². The summed E-state index contributed by atoms with van der Waals surface area (Å²) in [6.45, 7) is 1.76. The van der Waals surface area contributed by atoms with Crippen molar-refractivity contribution in [1.82, 2.24) is 4.90 Å². The first kappa shape index (κ1) is 15.1. The van der Waals surface area contributed by atoms with Gasteiger partial charge in [-0.15, -0.1) is 0 Å². The number of rotatable bonds is 3. The van der Waals surface area contributed by atoms with Gasteiger partial charge in [-0.05, 0) is 23.3 Å². The van der Waals surface area contributed by atoms with Gasteiger partial charge in [0.05, 0.1) is 25.7 Å². The predicted molar refractivity (Wildman–Crippen MR) is 86.9 cm³/mol. The van der Waals surface area contributed by atoms with Crippen LogP contribution in [-0.2, 0) is 16.0 Å². The molecule has 3 nitrogen and oxygen atoms in total. The number of ether oxygens (including phenoxy) is 1. The Kier molecular flexibility index (Phi) is 4.76. The SMILES string of the molecule is O=C(Cc1cccc(Cl)c1)N1CCOCC1c1ccccc1. The first-order chi connectivity index (χ1) is 10.7. The molecular weight excluding hydrogens is 298 g/mol. The molecule has 0 aromatic heterocycles. The maximum atomic E-state index is 12.7. The van der Waals surface area contributed by atoms with E-state index in [0.29, 0.717) is 31.2 Å². The molecule has 22 heavy (non-hydrogen) atoms. The normalized spacial score (nSPS) is 18.2. The van der Waals surface area contributed by atoms with E-state index in [4.69, 9.17) is 16.3 Å². The van der Waals surface area contributed by atoms with Crippen molar-refractivity contribution in [2.45, 2.75) is 12.5 Å². The van der Waals surface area contributed by atoms with E-state index < -0.39 is 0 Å². The second-order valence-electron chi connectivity index (χ2n) is 5.40. The molecule has 4 heteroatoms. The number of carbonyl (C=O) groups is 1. The van der Waals surface area contributed by atoms with Crippen LogP contribution in [0.3, 0.4) is 0 Å². The number of nitrogens with zero attached hydrogens (tertiary/aromatic N) is 1. The Morgan fingerprint density at radius 2 is 2.00 bits per heavy atom. The molecule has 0 N–H and O–H groups in total. The van der Waals surface area contributed by atoms with Gasteiger partial charge in [-0.2, -0.15) is 0 Å². The Hall–Kier alpha value is -1.84. The monoisotopic (exact) mass is 315 g/mol. The van der Waals surface area contributed by atoms with E-state index in [1.54, 1.807) is 0 Å². The first-order valence-corrected chi connectivity index (χ1v) is 7.78. The quantitative estimate of drug-likeness (QED) is 0.868. The van der Waals surface area contributed by atoms with Crippen LogP contribution in [0.1, 0.15) is 17.2 Å². The van der Waals surface area contributed by atoms with Crippen molar-refractivity contribution in [2.24, 2.45) is 0 Å². The second kappa shape index (κ2) is 6.95. The summed E-state index contributed by atoms with van der Waals surface area (Å²) >= 11 is 5.99. The molecule has 2 aromatic rings. The number of halogens is 1. The van der Waals surface area contributed by atoms with Crippen molar-refractivity contribution >= 4 is 17.5 Å². The minimum absolute atomic E-state index is 0.0124. The molecule has 0 radical (unpaired) electrons. The van der Waals surface area contributed by atoms with Crippen molar-refractivity contribution in [3.63, 3.8) is 0 Å². The van der Waals surface area contributed by atoms with Gasteiger partial charge < -0.3 is 9.64 Å². The molecule has 1 fully saturated rings. The maximum Gasteiger partial charge on any atom is 0.227 e. The third-order valence-corrected chi connectivity index (χ3v) is 4.11. The van der Waals surface area contributed by atoms with E-state index in [-0.39, 0.29) is 11.9 Å². The van der Waals surface area contributed by atoms with Crippen LogP contribution in [0.4, 0.5) is 0 Å². The standard InChI is InChI=1S/C18H18ClNO2/c19-16-8-4-5-14(11-16)12-18(21)20-9-10-22-13-17(20)15-6-2-1-3-7-15/h1-8,11,17H,9-10,12-13H2. The molecule has 1 heterocycles. The third kappa shape index (κ3) is 3.49. The Balaban J connectivity index is 1.77. The summed E-state index contributed by atoms with van der Waals surface area (Å²) in [5, 5.41) is 0.659. The lowest BCUT2D eigenvalue weighted by atomic mass is 10.0. The number of hydrogen-bond donors (Lipinski definition) is 0. The van der Waals surface area contributed by atoms with E-state index >= 15 is 0 Å². The van der Waals surface area contributed by atoms with Gasteiger partial charge in [-0.1, -0.05) is 54.1 Å². The minimum Gasteiger partial charge on any atom is -0.377 e. The fraction of sp³-hybridized carbons (Fsp3) is 0.278. The van der Waals surface area contributed by atoms with Crippen LogP contribution in [0.5, 0.6) is 0 Å². The minimum atomic E-state index is -0.0124. The van der Waals surface area contributed by atoms with Gasteiger partial charge in [0, 0.05) is 11.6 Å². The molecule has 1 amide bonds. The number of carbonyl (C=O) groups excluding carboxylic acids is 1. The molecule has 0 bridgehead atoms. The second-order valence-corrected chi connectivity index (χ2v) is 5.83. The van der Waals surface area contributed by atoms with E-state index in [1.807, 2.05) is 59.5 Å². The smallest absolute Gasteiger partial charge is 0.227 e. The number of hydrogen-bond acceptors (Lipinski definition) is 2. The molecule has 1 aliphatic rings. The van der Waals surface area contributed by atoms with E-state index in [0.717, 1.165) is 11.1 Å². The van der Waals surface area contributed by atoms with Crippen LogP contribution in [0, 0.1) is 0 Å². The summed E-state index contributed by atoms with van der Waals surface area (Å²) < 4.78 is 5.57. The highest BCUT2D eigenvalue weighted by molar-refractivity contribution is 6.30. The van der Waals surface area contributed by atoms with Gasteiger partial charge in [-0.3, -0.25) is 4.79 Å². The van der Waals surface area contributed by atoms with Gasteiger partial charge in [0.1, 0.15) is 0 Å². The van der Waals surface area contributed by atoms with E-state index in [1.165, 1.54) is 0 Å². The number of morpholine rings is 1. The van der Waals surface area contributed by atoms with Crippen LogP contribution in [0.25, 0.3) is 0 Å². The van der Waals surface area contributed by atoms with Crippen LogP contribution in [-0.4, -0.2) is 30.6 Å². The van der Waals surface area contributed by atoms with Crippen molar-refractivity contribution in [1.29, 1.82) is 0 Å². The average molecular weight is 316 g/mol. The van der Waals surface area contributed by atoms with Crippen LogP contribution in [0.15, 0.2) is 54.6 Å². The third-order valence-electron chi connectivity index (χ3n) is 3.88. The summed E-state index contributed by atoms with van der Waals surface area (Å²) in [6, 6.07) is 17.5. The zero-order valence-electron chi connectivity index (χ0n) is 12.2. The molecule has 1 saturated heterocycles. The molecule has 0 aliphatic carbocycles. The summed E-state index contributed by atoms with van der Waals surface area (Å²) in [7, 11) is 0. The van der Waals surface area contributed by atoms with Gasteiger partial charge in [0.25, 0.3) is 0 Å². The molecule has 1 aliphatic heterocycles. The first-order valence-electron chi connectivity index (χ1n) is 7.40. The highest BCUT2D eigenvalue weighted by Crippen LogP contribution is 2.25. The number of benzene rings is 2. The van der Waals surface area contributed by atoms with Gasteiger partial charge in [-0.25, -0.2) is 0 Å². The lowest BCUT2D eigenvalue weighted by Crippen LogP contribution is -2.44. The Bertz CT molecular complexity index is 645. The number of amides is 1. The summed E-state index contributed by atoms with van der Waals surface area (Å²) in [5.74, 6) is 0.111. The lowest BCUT2D eigenvalue weighted by molar-refractivity contribution is -0.139. The van der Waals surface area contributed by atoms with Gasteiger partial charge in [0.2, 0.25) is 5.91 Å². The molecule has 0 saturated carbocycles. The van der Waals surface area contributed by atoms with E-state index in [9.17, 15) is 4.79 Å². The highest BCUT2D eigenvalue weighted by Gasteiger charge is 2.28. The van der Waals surface area contributed by atoms with Crippen LogP contribution < -0.4 is 0 Å². The lowest BCUT2D eigenvalue weighted by Gasteiger charge is -2.36. The average Bonchev–Trinajstić information content (AvgIpc) is 2.56. The van der Waals surface area contributed by atoms with E-state index in [2.05, 4.69) is 0 Å². The molecule has 1 unspecified atom stereocenters. The van der Waals surface area contributed by atoms with Crippen molar-refractivity contribution in [2.75, 3.05) is 19.8 Å². The zero-order chi connectivity index (χ0) is 15.4. The Labute approximate surface area is 135 Å². The van der Waals surface area contributed by atoms with Gasteiger partial charge >= 0.3 is 0 Å². The highest BCUT2D eigenvalue weighted by atomic mass is 35.5. The summed E-state index contributed by atoms with van der Waals surface area (Å²) in [4.78, 5) is 14.6. The van der Waals surface area contributed by atoms with Crippen molar-refractivity contribution in [3.8, 4) is 0 Å². The van der Waals surface area contributed by atoms with Gasteiger partial charge in [0.15, 0.2) is 0 Å². The summed E-state index contributed by atoms with van der Waals surface area (Å²) in [5.41, 5.74) is 2.05. The van der Waals surface area contributed by atoms with Crippen molar-refractivity contribution < 1.29 is 9.53 Å².